The number of nitrogens with zero attached hydrogens (tertiary/aromatic N) is 1. The Balaban J connectivity index is 2.16. The van der Waals surface area contributed by atoms with Gasteiger partial charge in [0.2, 0.25) is 0 Å². The van der Waals surface area contributed by atoms with Crippen LogP contribution in [0.15, 0.2) is 42.0 Å². The minimum Gasteiger partial charge on any atom is -0.507 e. The Hall–Kier alpha value is -2.83. The minimum atomic E-state index is -0.731. The van der Waals surface area contributed by atoms with E-state index in [4.69, 9.17) is 21.1 Å². The Morgan fingerprint density at radius 3 is 2.52 bits per heavy atom. The van der Waals surface area contributed by atoms with Gasteiger partial charge in [0.15, 0.2) is 0 Å². The summed E-state index contributed by atoms with van der Waals surface area (Å²) in [7, 11) is 1.44. The van der Waals surface area contributed by atoms with Crippen LogP contribution in [0.1, 0.15) is 48.6 Å². The third-order valence-electron chi connectivity index (χ3n) is 5.66. The van der Waals surface area contributed by atoms with Gasteiger partial charge in [0.05, 0.1) is 35.4 Å². The van der Waals surface area contributed by atoms with Crippen LogP contribution in [0.4, 0.5) is 0 Å². The molecule has 3 rings (SSSR count). The quantitative estimate of drug-likeness (QED) is 0.248. The van der Waals surface area contributed by atoms with Gasteiger partial charge >= 0.3 is 0 Å². The zero-order valence-corrected chi connectivity index (χ0v) is 20.4. The van der Waals surface area contributed by atoms with Crippen LogP contribution in [0.3, 0.4) is 0 Å². The topological polar surface area (TPSA) is 76.1 Å². The molecule has 0 radical (unpaired) electrons. The number of amides is 1. The maximum Gasteiger partial charge on any atom is 0.295 e. The smallest absolute Gasteiger partial charge is 0.295 e. The highest BCUT2D eigenvalue weighted by atomic mass is 35.5. The summed E-state index contributed by atoms with van der Waals surface area (Å²) in [6.07, 6.45) is 0.638. The van der Waals surface area contributed by atoms with E-state index >= 15 is 0 Å². The number of hydrogen-bond acceptors (Lipinski definition) is 5. The van der Waals surface area contributed by atoms with E-state index in [2.05, 4.69) is 0 Å². The molecule has 2 aromatic rings. The summed E-state index contributed by atoms with van der Waals surface area (Å²) in [6, 6.07) is 10.2. The molecule has 1 heterocycles. The number of carbonyl (C=O) groups is 2. The van der Waals surface area contributed by atoms with Gasteiger partial charge in [0.1, 0.15) is 11.5 Å². The normalized spacial score (nSPS) is 17.8. The fourth-order valence-corrected chi connectivity index (χ4v) is 4.49. The molecule has 0 aliphatic carbocycles. The molecule has 0 spiro atoms. The van der Waals surface area contributed by atoms with E-state index in [0.29, 0.717) is 24.6 Å². The zero-order chi connectivity index (χ0) is 24.3. The lowest BCUT2D eigenvalue weighted by Crippen LogP contribution is -2.31. The number of benzene rings is 2. The lowest BCUT2D eigenvalue weighted by Gasteiger charge is -2.27. The van der Waals surface area contributed by atoms with Gasteiger partial charge in [-0.15, -0.1) is 0 Å². The number of halogens is 1. The van der Waals surface area contributed by atoms with E-state index in [9.17, 15) is 14.7 Å². The summed E-state index contributed by atoms with van der Waals surface area (Å²) in [5, 5.41) is 11.7. The van der Waals surface area contributed by atoms with Crippen LogP contribution in [-0.2, 0) is 14.3 Å². The molecule has 176 valence electrons. The van der Waals surface area contributed by atoms with Gasteiger partial charge in [-0.1, -0.05) is 35.9 Å². The maximum absolute atomic E-state index is 13.2. The lowest BCUT2D eigenvalue weighted by atomic mass is 9.92. The second kappa shape index (κ2) is 10.4. The van der Waals surface area contributed by atoms with E-state index < -0.39 is 17.7 Å². The van der Waals surface area contributed by atoms with Crippen molar-refractivity contribution >= 4 is 29.1 Å². The molecule has 1 aliphatic rings. The summed E-state index contributed by atoms with van der Waals surface area (Å²) >= 11 is 6.33. The molecular formula is C26H30ClNO5. The molecule has 1 N–H and O–H groups in total. The number of ether oxygens (including phenoxy) is 2. The van der Waals surface area contributed by atoms with Gasteiger partial charge in [-0.2, -0.15) is 0 Å². The second-order valence-corrected chi connectivity index (χ2v) is 8.86. The van der Waals surface area contributed by atoms with Crippen molar-refractivity contribution in [3.05, 3.63) is 69.2 Å². The van der Waals surface area contributed by atoms with Gasteiger partial charge in [-0.3, -0.25) is 9.59 Å². The number of carbonyl (C=O) groups excluding carboxylic acids is 2. The Morgan fingerprint density at radius 1 is 1.18 bits per heavy atom. The van der Waals surface area contributed by atoms with Crippen molar-refractivity contribution in [3.63, 3.8) is 0 Å². The number of rotatable bonds is 8. The van der Waals surface area contributed by atoms with Crippen LogP contribution < -0.4 is 4.74 Å². The van der Waals surface area contributed by atoms with Gasteiger partial charge in [0.25, 0.3) is 11.7 Å². The van der Waals surface area contributed by atoms with Crippen molar-refractivity contribution in [2.75, 3.05) is 20.3 Å². The monoisotopic (exact) mass is 471 g/mol. The first-order chi connectivity index (χ1) is 15.7. The van der Waals surface area contributed by atoms with Gasteiger partial charge < -0.3 is 19.5 Å². The highest BCUT2D eigenvalue weighted by Gasteiger charge is 2.46. The molecule has 1 aliphatic heterocycles. The largest absolute Gasteiger partial charge is 0.507 e. The molecule has 2 aromatic carbocycles. The molecule has 1 unspecified atom stereocenters. The third kappa shape index (κ3) is 5.07. The van der Waals surface area contributed by atoms with Crippen LogP contribution in [-0.4, -0.2) is 48.1 Å². The Kier molecular flexibility index (Phi) is 7.82. The van der Waals surface area contributed by atoms with Crippen molar-refractivity contribution in [1.82, 2.24) is 4.90 Å². The molecule has 1 amide bonds. The molecule has 1 saturated heterocycles. The average molecular weight is 472 g/mol. The van der Waals surface area contributed by atoms with E-state index in [1.807, 2.05) is 52.0 Å². The number of aryl methyl sites for hydroxylation is 2. The van der Waals surface area contributed by atoms with Crippen LogP contribution in [0.2, 0.25) is 5.02 Å². The van der Waals surface area contributed by atoms with Crippen LogP contribution in [0, 0.1) is 13.8 Å². The minimum absolute atomic E-state index is 0.0269. The van der Waals surface area contributed by atoms with Gasteiger partial charge in [-0.25, -0.2) is 0 Å². The number of methoxy groups -OCH3 is 1. The first-order valence-corrected chi connectivity index (χ1v) is 11.3. The summed E-state index contributed by atoms with van der Waals surface area (Å²) in [5.74, 6) is -1.43. The highest BCUT2D eigenvalue weighted by molar-refractivity contribution is 6.46. The number of hydrogen-bond donors (Lipinski definition) is 1. The average Bonchev–Trinajstić information content (AvgIpc) is 3.00. The summed E-state index contributed by atoms with van der Waals surface area (Å²) in [6.45, 7) is 8.41. The van der Waals surface area contributed by atoms with Crippen molar-refractivity contribution < 1.29 is 24.2 Å². The maximum atomic E-state index is 13.2. The SMILES string of the molecule is COc1c(Cl)cc(C)cc1/C(O)=C1\C(=O)C(=O)N(CCCOC(C)C)C1c1ccccc1C. The molecule has 6 nitrogen and oxygen atoms in total. The van der Waals surface area contributed by atoms with Crippen molar-refractivity contribution in [2.24, 2.45) is 0 Å². The molecular weight excluding hydrogens is 442 g/mol. The molecule has 1 fully saturated rings. The molecule has 0 bridgehead atoms. The fourth-order valence-electron chi connectivity index (χ4n) is 4.14. The van der Waals surface area contributed by atoms with Gasteiger partial charge in [0, 0.05) is 13.2 Å². The molecule has 0 aromatic heterocycles. The van der Waals surface area contributed by atoms with E-state index in [1.165, 1.54) is 12.0 Å². The number of likely N-dealkylation sites (tertiary alicyclic amines) is 1. The first-order valence-electron chi connectivity index (χ1n) is 11.0. The molecule has 33 heavy (non-hydrogen) atoms. The van der Waals surface area contributed by atoms with Crippen LogP contribution in [0.5, 0.6) is 5.75 Å². The summed E-state index contributed by atoms with van der Waals surface area (Å²) < 4.78 is 11.0. The van der Waals surface area contributed by atoms with E-state index in [1.54, 1.807) is 12.1 Å². The van der Waals surface area contributed by atoms with E-state index in [0.717, 1.165) is 16.7 Å². The summed E-state index contributed by atoms with van der Waals surface area (Å²) in [4.78, 5) is 27.8. The van der Waals surface area contributed by atoms with Crippen molar-refractivity contribution in [2.45, 2.75) is 46.3 Å². The van der Waals surface area contributed by atoms with Crippen molar-refractivity contribution in [3.8, 4) is 5.75 Å². The van der Waals surface area contributed by atoms with E-state index in [-0.39, 0.29) is 28.7 Å². The van der Waals surface area contributed by atoms with Crippen LogP contribution >= 0.6 is 11.6 Å². The standard InChI is InChI=1S/C26H30ClNO5/c1-15(2)33-12-8-11-28-22(18-10-7-6-9-17(18)4)21(24(30)26(28)31)23(29)19-13-16(3)14-20(27)25(19)32-5/h6-7,9-10,13-15,22,29H,8,11-12H2,1-5H3/b23-21+. The number of Topliss-reactive ketones (excluding diaryl/α,β-unsaturated/α-hetero) is 1. The first kappa shape index (κ1) is 24.8. The third-order valence-corrected chi connectivity index (χ3v) is 5.95. The number of ketones is 1. The fraction of sp³-hybridized carbons (Fsp3) is 0.385. The Morgan fingerprint density at radius 2 is 1.88 bits per heavy atom. The molecule has 0 saturated carbocycles. The summed E-state index contributed by atoms with van der Waals surface area (Å²) in [5.41, 5.74) is 2.78. The lowest BCUT2D eigenvalue weighted by molar-refractivity contribution is -0.140. The predicted molar refractivity (Wildman–Crippen MR) is 129 cm³/mol. The molecule has 7 heteroatoms. The highest BCUT2D eigenvalue weighted by Crippen LogP contribution is 2.43. The predicted octanol–water partition coefficient (Wildman–Crippen LogP) is 5.20. The molecule has 1 atom stereocenters. The zero-order valence-electron chi connectivity index (χ0n) is 19.6. The Labute approximate surface area is 199 Å². The second-order valence-electron chi connectivity index (χ2n) is 8.45. The van der Waals surface area contributed by atoms with Gasteiger partial charge in [-0.05, 0) is 62.9 Å². The Bertz CT molecular complexity index is 1090. The van der Waals surface area contributed by atoms with Crippen LogP contribution in [0.25, 0.3) is 5.76 Å². The van der Waals surface area contributed by atoms with Crippen molar-refractivity contribution in [1.29, 1.82) is 0 Å². The number of aliphatic hydroxyl groups is 1. The number of aliphatic hydroxyl groups excluding tert-OH is 1.